The zero-order valence-corrected chi connectivity index (χ0v) is 11.8. The highest BCUT2D eigenvalue weighted by Crippen LogP contribution is 2.16. The Kier molecular flexibility index (Phi) is 5.58. The lowest BCUT2D eigenvalue weighted by Gasteiger charge is -2.11. The number of nitrogens with zero attached hydrogens (tertiary/aromatic N) is 1. The van der Waals surface area contributed by atoms with Gasteiger partial charge in [0.05, 0.1) is 11.7 Å². The fourth-order valence-electron chi connectivity index (χ4n) is 1.39. The Morgan fingerprint density at radius 3 is 2.88 bits per heavy atom. The summed E-state index contributed by atoms with van der Waals surface area (Å²) >= 11 is 3.36. The molecule has 0 aliphatic rings. The first-order chi connectivity index (χ1) is 8.04. The Balaban J connectivity index is 2.58. The Bertz CT molecular complexity index is 395. The molecular weight excluding hydrogens is 282 g/mol. The molecule has 4 nitrogen and oxygen atoms in total. The van der Waals surface area contributed by atoms with Crippen molar-refractivity contribution in [1.82, 2.24) is 4.98 Å². The van der Waals surface area contributed by atoms with Crippen LogP contribution in [-0.4, -0.2) is 16.9 Å². The fourth-order valence-corrected chi connectivity index (χ4v) is 1.61. The average Bonchev–Trinajstić information content (AvgIpc) is 2.30. The standard InChI is InChI=1S/C12H18BrN3O/c1-3-4-5-10(14)12(17)16-11-7-6-9(13)8(2)15-11/h6-7,10H,3-5,14H2,1-2H3,(H,15,16,17)/t10-/m0/s1. The van der Waals surface area contributed by atoms with Gasteiger partial charge < -0.3 is 11.1 Å². The number of anilines is 1. The summed E-state index contributed by atoms with van der Waals surface area (Å²) in [6.45, 7) is 3.95. The van der Waals surface area contributed by atoms with E-state index >= 15 is 0 Å². The first-order valence-corrected chi connectivity index (χ1v) is 6.53. The van der Waals surface area contributed by atoms with Crippen LogP contribution in [0.25, 0.3) is 0 Å². The van der Waals surface area contributed by atoms with Crippen LogP contribution in [0.4, 0.5) is 5.82 Å². The summed E-state index contributed by atoms with van der Waals surface area (Å²) in [5, 5.41) is 2.72. The van der Waals surface area contributed by atoms with Crippen molar-refractivity contribution in [1.29, 1.82) is 0 Å². The minimum absolute atomic E-state index is 0.173. The Morgan fingerprint density at radius 2 is 2.29 bits per heavy atom. The molecule has 0 bridgehead atoms. The van der Waals surface area contributed by atoms with Crippen LogP contribution in [0.1, 0.15) is 31.9 Å². The third-order valence-electron chi connectivity index (χ3n) is 2.48. The van der Waals surface area contributed by atoms with Crippen LogP contribution in [0.15, 0.2) is 16.6 Å². The predicted octanol–water partition coefficient (Wildman–Crippen LogP) is 2.61. The average molecular weight is 300 g/mol. The Hall–Kier alpha value is -0.940. The highest BCUT2D eigenvalue weighted by Gasteiger charge is 2.13. The third kappa shape index (κ3) is 4.44. The monoisotopic (exact) mass is 299 g/mol. The van der Waals surface area contributed by atoms with E-state index in [-0.39, 0.29) is 5.91 Å². The molecule has 0 radical (unpaired) electrons. The molecule has 1 aromatic heterocycles. The van der Waals surface area contributed by atoms with Crippen molar-refractivity contribution < 1.29 is 4.79 Å². The topological polar surface area (TPSA) is 68.0 Å². The number of carbonyl (C=O) groups is 1. The van der Waals surface area contributed by atoms with Gasteiger partial charge in [0.1, 0.15) is 5.82 Å². The first-order valence-electron chi connectivity index (χ1n) is 5.74. The molecule has 1 rings (SSSR count). The van der Waals surface area contributed by atoms with E-state index in [1.165, 1.54) is 0 Å². The lowest BCUT2D eigenvalue weighted by atomic mass is 10.1. The number of nitrogens with two attached hydrogens (primary N) is 1. The zero-order chi connectivity index (χ0) is 12.8. The second kappa shape index (κ2) is 6.71. The molecule has 1 heterocycles. The van der Waals surface area contributed by atoms with E-state index in [1.807, 2.05) is 13.0 Å². The molecule has 5 heteroatoms. The molecule has 0 spiro atoms. The summed E-state index contributed by atoms with van der Waals surface area (Å²) < 4.78 is 0.922. The van der Waals surface area contributed by atoms with E-state index in [2.05, 4.69) is 33.2 Å². The number of hydrogen-bond acceptors (Lipinski definition) is 3. The largest absolute Gasteiger partial charge is 0.320 e. The molecular formula is C12H18BrN3O. The van der Waals surface area contributed by atoms with Crippen LogP contribution in [0.5, 0.6) is 0 Å². The summed E-state index contributed by atoms with van der Waals surface area (Å²) in [7, 11) is 0. The van der Waals surface area contributed by atoms with Crippen molar-refractivity contribution in [2.24, 2.45) is 5.73 Å². The van der Waals surface area contributed by atoms with Crippen LogP contribution in [0.3, 0.4) is 0 Å². The van der Waals surface area contributed by atoms with Gasteiger partial charge in [0, 0.05) is 4.47 Å². The molecule has 0 fully saturated rings. The molecule has 0 aliphatic carbocycles. The molecule has 0 aromatic carbocycles. The Morgan fingerprint density at radius 1 is 1.59 bits per heavy atom. The number of halogens is 1. The van der Waals surface area contributed by atoms with E-state index < -0.39 is 6.04 Å². The van der Waals surface area contributed by atoms with E-state index in [0.717, 1.165) is 23.0 Å². The second-order valence-electron chi connectivity index (χ2n) is 4.00. The lowest BCUT2D eigenvalue weighted by molar-refractivity contribution is -0.117. The number of rotatable bonds is 5. The SMILES string of the molecule is CCCC[C@H](N)C(=O)Nc1ccc(Br)c(C)n1. The maximum atomic E-state index is 11.7. The van der Waals surface area contributed by atoms with Crippen molar-refractivity contribution in [2.75, 3.05) is 5.32 Å². The van der Waals surface area contributed by atoms with E-state index in [9.17, 15) is 4.79 Å². The van der Waals surface area contributed by atoms with E-state index in [4.69, 9.17) is 5.73 Å². The van der Waals surface area contributed by atoms with Crippen molar-refractivity contribution in [3.8, 4) is 0 Å². The molecule has 1 amide bonds. The molecule has 0 saturated heterocycles. The number of carbonyl (C=O) groups excluding carboxylic acids is 1. The quantitative estimate of drug-likeness (QED) is 0.878. The summed E-state index contributed by atoms with van der Waals surface area (Å²) in [4.78, 5) is 16.0. The number of aromatic nitrogens is 1. The van der Waals surface area contributed by atoms with Gasteiger partial charge in [-0.25, -0.2) is 4.98 Å². The van der Waals surface area contributed by atoms with Gasteiger partial charge in [-0.05, 0) is 41.4 Å². The van der Waals surface area contributed by atoms with Crippen LogP contribution in [-0.2, 0) is 4.79 Å². The predicted molar refractivity (Wildman–Crippen MR) is 72.8 cm³/mol. The van der Waals surface area contributed by atoms with Gasteiger partial charge in [0.2, 0.25) is 5.91 Å². The minimum Gasteiger partial charge on any atom is -0.320 e. The fraction of sp³-hybridized carbons (Fsp3) is 0.500. The summed E-state index contributed by atoms with van der Waals surface area (Å²) in [6.07, 6.45) is 2.70. The first kappa shape index (κ1) is 14.1. The molecule has 17 heavy (non-hydrogen) atoms. The van der Waals surface area contributed by atoms with Crippen LogP contribution in [0, 0.1) is 6.92 Å². The normalized spacial score (nSPS) is 12.2. The van der Waals surface area contributed by atoms with Crippen LogP contribution < -0.4 is 11.1 Å². The van der Waals surface area contributed by atoms with E-state index in [1.54, 1.807) is 6.07 Å². The van der Waals surface area contributed by atoms with Gasteiger partial charge in [-0.2, -0.15) is 0 Å². The zero-order valence-electron chi connectivity index (χ0n) is 10.2. The molecule has 1 aromatic rings. The highest BCUT2D eigenvalue weighted by molar-refractivity contribution is 9.10. The smallest absolute Gasteiger partial charge is 0.242 e. The van der Waals surface area contributed by atoms with Gasteiger partial charge in [-0.3, -0.25) is 4.79 Å². The molecule has 3 N–H and O–H groups in total. The number of nitrogens with one attached hydrogen (secondary N) is 1. The maximum absolute atomic E-state index is 11.7. The minimum atomic E-state index is -0.458. The van der Waals surface area contributed by atoms with Gasteiger partial charge in [-0.1, -0.05) is 19.8 Å². The summed E-state index contributed by atoms with van der Waals surface area (Å²) in [6, 6.07) is 3.15. The third-order valence-corrected chi connectivity index (χ3v) is 3.32. The highest BCUT2D eigenvalue weighted by atomic mass is 79.9. The van der Waals surface area contributed by atoms with E-state index in [0.29, 0.717) is 12.2 Å². The molecule has 0 aliphatic heterocycles. The Labute approximate surface area is 110 Å². The van der Waals surface area contributed by atoms with Gasteiger partial charge in [0.25, 0.3) is 0 Å². The van der Waals surface area contributed by atoms with Crippen molar-refractivity contribution in [2.45, 2.75) is 39.2 Å². The number of hydrogen-bond donors (Lipinski definition) is 2. The number of pyridine rings is 1. The molecule has 0 saturated carbocycles. The summed E-state index contributed by atoms with van der Waals surface area (Å²) in [5.74, 6) is 0.371. The number of unbranched alkanes of at least 4 members (excludes halogenated alkanes) is 1. The maximum Gasteiger partial charge on any atom is 0.242 e. The number of aryl methyl sites for hydroxylation is 1. The number of amides is 1. The van der Waals surface area contributed by atoms with Crippen LogP contribution in [0.2, 0.25) is 0 Å². The second-order valence-corrected chi connectivity index (χ2v) is 4.86. The van der Waals surface area contributed by atoms with Crippen molar-refractivity contribution >= 4 is 27.7 Å². The summed E-state index contributed by atoms with van der Waals surface area (Å²) in [5.41, 5.74) is 6.61. The van der Waals surface area contributed by atoms with Gasteiger partial charge in [-0.15, -0.1) is 0 Å². The molecule has 0 unspecified atom stereocenters. The van der Waals surface area contributed by atoms with Gasteiger partial charge in [0.15, 0.2) is 0 Å². The van der Waals surface area contributed by atoms with Gasteiger partial charge >= 0.3 is 0 Å². The van der Waals surface area contributed by atoms with Crippen LogP contribution >= 0.6 is 15.9 Å². The molecule has 94 valence electrons. The molecule has 1 atom stereocenters. The van der Waals surface area contributed by atoms with Crippen molar-refractivity contribution in [3.63, 3.8) is 0 Å². The lowest BCUT2D eigenvalue weighted by Crippen LogP contribution is -2.35. The van der Waals surface area contributed by atoms with Crippen molar-refractivity contribution in [3.05, 3.63) is 22.3 Å².